The third-order valence-electron chi connectivity index (χ3n) is 2.51. The molecule has 0 unspecified atom stereocenters. The van der Waals surface area contributed by atoms with Gasteiger partial charge in [0, 0.05) is 5.02 Å². The predicted octanol–water partition coefficient (Wildman–Crippen LogP) is 4.64. The summed E-state index contributed by atoms with van der Waals surface area (Å²) >= 11 is 11.9. The first-order valence-corrected chi connectivity index (χ1v) is 6.74. The molecule has 0 saturated heterocycles. The number of nitriles is 1. The number of hydrogen-bond acceptors (Lipinski definition) is 3. The first kappa shape index (κ1) is 15.2. The van der Waals surface area contributed by atoms with Crippen molar-refractivity contribution in [3.63, 3.8) is 0 Å². The van der Waals surface area contributed by atoms with Gasteiger partial charge in [-0.1, -0.05) is 35.3 Å². The SMILES string of the molecule is N#CCC(=O)Nc1ccccc1Oc1ccc(Cl)cc1Cl. The number of nitrogens with zero attached hydrogens (tertiary/aromatic N) is 1. The zero-order valence-corrected chi connectivity index (χ0v) is 12.3. The van der Waals surface area contributed by atoms with Gasteiger partial charge in [-0.3, -0.25) is 4.79 Å². The summed E-state index contributed by atoms with van der Waals surface area (Å²) in [6, 6.07) is 13.5. The maximum absolute atomic E-state index is 11.5. The summed E-state index contributed by atoms with van der Waals surface area (Å²) in [7, 11) is 0. The molecule has 0 aliphatic heterocycles. The minimum Gasteiger partial charge on any atom is -0.454 e. The van der Waals surface area contributed by atoms with Crippen LogP contribution in [0.15, 0.2) is 42.5 Å². The van der Waals surface area contributed by atoms with Crippen LogP contribution in [-0.4, -0.2) is 5.91 Å². The summed E-state index contributed by atoms with van der Waals surface area (Å²) in [6.07, 6.45) is -0.226. The van der Waals surface area contributed by atoms with E-state index in [2.05, 4.69) is 5.32 Å². The van der Waals surface area contributed by atoms with Gasteiger partial charge in [-0.25, -0.2) is 0 Å². The molecule has 0 heterocycles. The van der Waals surface area contributed by atoms with E-state index in [1.165, 1.54) is 0 Å². The van der Waals surface area contributed by atoms with E-state index in [1.807, 2.05) is 0 Å². The lowest BCUT2D eigenvalue weighted by Gasteiger charge is -2.12. The van der Waals surface area contributed by atoms with Crippen LogP contribution in [0.2, 0.25) is 10.0 Å². The Labute approximate surface area is 131 Å². The second-order valence-corrected chi connectivity index (χ2v) is 4.90. The Balaban J connectivity index is 2.24. The molecular weight excluding hydrogens is 311 g/mol. The number of anilines is 1. The van der Waals surface area contributed by atoms with Crippen molar-refractivity contribution < 1.29 is 9.53 Å². The molecule has 4 nitrogen and oxygen atoms in total. The van der Waals surface area contributed by atoms with E-state index in [0.717, 1.165) is 0 Å². The van der Waals surface area contributed by atoms with Crippen molar-refractivity contribution in [3.8, 4) is 17.6 Å². The van der Waals surface area contributed by atoms with Gasteiger partial charge in [0.1, 0.15) is 12.2 Å². The maximum Gasteiger partial charge on any atom is 0.238 e. The molecule has 0 atom stereocenters. The van der Waals surface area contributed by atoms with Crippen LogP contribution in [0.5, 0.6) is 11.5 Å². The van der Waals surface area contributed by atoms with E-state index >= 15 is 0 Å². The molecule has 2 rings (SSSR count). The van der Waals surface area contributed by atoms with E-state index in [9.17, 15) is 4.79 Å². The fraction of sp³-hybridized carbons (Fsp3) is 0.0667. The highest BCUT2D eigenvalue weighted by atomic mass is 35.5. The van der Waals surface area contributed by atoms with Crippen LogP contribution < -0.4 is 10.1 Å². The third-order valence-corrected chi connectivity index (χ3v) is 3.05. The molecule has 21 heavy (non-hydrogen) atoms. The average Bonchev–Trinajstić information content (AvgIpc) is 2.44. The Morgan fingerprint density at radius 2 is 1.95 bits per heavy atom. The highest BCUT2D eigenvalue weighted by molar-refractivity contribution is 6.35. The van der Waals surface area contributed by atoms with Gasteiger partial charge in [-0.15, -0.1) is 0 Å². The highest BCUT2D eigenvalue weighted by Crippen LogP contribution is 2.34. The fourth-order valence-corrected chi connectivity index (χ4v) is 2.05. The van der Waals surface area contributed by atoms with Crippen molar-refractivity contribution in [1.29, 1.82) is 5.26 Å². The van der Waals surface area contributed by atoms with Crippen LogP contribution in [0.25, 0.3) is 0 Å². The molecule has 106 valence electrons. The molecule has 1 N–H and O–H groups in total. The Bertz CT molecular complexity index is 711. The van der Waals surface area contributed by atoms with E-state index in [4.69, 9.17) is 33.2 Å². The van der Waals surface area contributed by atoms with Crippen LogP contribution in [0.4, 0.5) is 5.69 Å². The highest BCUT2D eigenvalue weighted by Gasteiger charge is 2.10. The third kappa shape index (κ3) is 4.12. The van der Waals surface area contributed by atoms with Crippen LogP contribution >= 0.6 is 23.2 Å². The van der Waals surface area contributed by atoms with Crippen molar-refractivity contribution in [2.45, 2.75) is 6.42 Å². The monoisotopic (exact) mass is 320 g/mol. The van der Waals surface area contributed by atoms with Gasteiger partial charge in [-0.05, 0) is 30.3 Å². The minimum absolute atomic E-state index is 0.226. The molecule has 1 amide bonds. The van der Waals surface area contributed by atoms with Crippen LogP contribution in [0.1, 0.15) is 6.42 Å². The van der Waals surface area contributed by atoms with E-state index in [1.54, 1.807) is 48.5 Å². The largest absolute Gasteiger partial charge is 0.454 e. The predicted molar refractivity (Wildman–Crippen MR) is 81.8 cm³/mol. The number of para-hydroxylation sites is 2. The molecule has 0 aromatic heterocycles. The standard InChI is InChI=1S/C15H10Cl2N2O2/c16-10-5-6-13(11(17)9-10)21-14-4-2-1-3-12(14)19-15(20)7-8-18/h1-6,9H,7H2,(H,19,20). The van der Waals surface area contributed by atoms with Crippen molar-refractivity contribution in [1.82, 2.24) is 0 Å². The number of halogens is 2. The molecule has 2 aromatic carbocycles. The Morgan fingerprint density at radius 3 is 2.67 bits per heavy atom. The molecular formula is C15H10Cl2N2O2. The Kier molecular flexibility index (Phi) is 5.04. The summed E-state index contributed by atoms with van der Waals surface area (Å²) in [5, 5.41) is 12.0. The van der Waals surface area contributed by atoms with Crippen LogP contribution in [0, 0.1) is 11.3 Å². The number of hydrogen-bond donors (Lipinski definition) is 1. The van der Waals surface area contributed by atoms with Gasteiger partial charge in [0.25, 0.3) is 0 Å². The molecule has 0 radical (unpaired) electrons. The number of benzene rings is 2. The molecule has 2 aromatic rings. The molecule has 0 spiro atoms. The molecule has 0 fully saturated rings. The molecule has 6 heteroatoms. The van der Waals surface area contributed by atoms with Gasteiger partial charge in [-0.2, -0.15) is 5.26 Å². The normalized spacial score (nSPS) is 9.76. The first-order chi connectivity index (χ1) is 10.1. The lowest BCUT2D eigenvalue weighted by Crippen LogP contribution is -2.10. The lowest BCUT2D eigenvalue weighted by molar-refractivity contribution is -0.115. The molecule has 0 aliphatic carbocycles. The van der Waals surface area contributed by atoms with Crippen molar-refractivity contribution in [2.75, 3.05) is 5.32 Å². The van der Waals surface area contributed by atoms with Gasteiger partial charge < -0.3 is 10.1 Å². The Morgan fingerprint density at radius 1 is 1.19 bits per heavy atom. The first-order valence-electron chi connectivity index (χ1n) is 5.99. The van der Waals surface area contributed by atoms with E-state index < -0.39 is 5.91 Å². The number of carbonyl (C=O) groups excluding carboxylic acids is 1. The zero-order chi connectivity index (χ0) is 15.2. The fourth-order valence-electron chi connectivity index (χ4n) is 1.60. The number of amides is 1. The summed E-state index contributed by atoms with van der Waals surface area (Å²) in [4.78, 5) is 11.5. The quantitative estimate of drug-likeness (QED) is 0.892. The van der Waals surface area contributed by atoms with Crippen LogP contribution in [0.3, 0.4) is 0 Å². The van der Waals surface area contributed by atoms with Crippen molar-refractivity contribution in [3.05, 3.63) is 52.5 Å². The zero-order valence-electron chi connectivity index (χ0n) is 10.8. The Hall–Kier alpha value is -2.22. The molecule has 0 saturated carbocycles. The number of ether oxygens (including phenoxy) is 1. The topological polar surface area (TPSA) is 62.1 Å². The smallest absolute Gasteiger partial charge is 0.238 e. The second-order valence-electron chi connectivity index (χ2n) is 4.06. The number of rotatable bonds is 4. The van der Waals surface area contributed by atoms with Crippen molar-refractivity contribution in [2.24, 2.45) is 0 Å². The maximum atomic E-state index is 11.5. The van der Waals surface area contributed by atoms with Gasteiger partial charge >= 0.3 is 0 Å². The molecule has 0 aliphatic rings. The summed E-state index contributed by atoms with van der Waals surface area (Å²) in [5.74, 6) is 0.437. The summed E-state index contributed by atoms with van der Waals surface area (Å²) in [5.41, 5.74) is 0.462. The van der Waals surface area contributed by atoms with Gasteiger partial charge in [0.05, 0.1) is 16.8 Å². The van der Waals surface area contributed by atoms with Crippen LogP contribution in [-0.2, 0) is 4.79 Å². The van der Waals surface area contributed by atoms with E-state index in [0.29, 0.717) is 27.2 Å². The van der Waals surface area contributed by atoms with Crippen molar-refractivity contribution >= 4 is 34.8 Å². The molecule has 0 bridgehead atoms. The second kappa shape index (κ2) is 6.98. The lowest BCUT2D eigenvalue weighted by atomic mass is 10.2. The number of nitrogens with one attached hydrogen (secondary N) is 1. The average molecular weight is 321 g/mol. The summed E-state index contributed by atoms with van der Waals surface area (Å²) < 4.78 is 5.69. The van der Waals surface area contributed by atoms with Gasteiger partial charge in [0.2, 0.25) is 5.91 Å². The van der Waals surface area contributed by atoms with Gasteiger partial charge in [0.15, 0.2) is 5.75 Å². The minimum atomic E-state index is -0.407. The summed E-state index contributed by atoms with van der Waals surface area (Å²) in [6.45, 7) is 0. The number of carbonyl (C=O) groups is 1. The van der Waals surface area contributed by atoms with E-state index in [-0.39, 0.29) is 6.42 Å².